The number of anilines is 1. The molecule has 3 rings (SSSR count). The first-order valence-electron chi connectivity index (χ1n) is 12.3. The molecule has 8 heteroatoms. The summed E-state index contributed by atoms with van der Waals surface area (Å²) in [7, 11) is 0. The minimum Gasteiger partial charge on any atom is -0.459 e. The first-order chi connectivity index (χ1) is 17.3. The van der Waals surface area contributed by atoms with E-state index < -0.39 is 12.0 Å². The van der Waals surface area contributed by atoms with Crippen molar-refractivity contribution in [2.24, 2.45) is 0 Å². The molecule has 1 atom stereocenters. The highest BCUT2D eigenvalue weighted by Gasteiger charge is 2.36. The summed E-state index contributed by atoms with van der Waals surface area (Å²) < 4.78 is 11.0. The Bertz CT molecular complexity index is 1100. The van der Waals surface area contributed by atoms with E-state index in [-0.39, 0.29) is 24.6 Å². The molecule has 0 spiro atoms. The highest BCUT2D eigenvalue weighted by molar-refractivity contribution is 5.95. The third-order valence-electron chi connectivity index (χ3n) is 5.74. The lowest BCUT2D eigenvalue weighted by molar-refractivity contribution is -0.143. The minimum atomic E-state index is -0.701. The molecule has 0 saturated heterocycles. The highest BCUT2D eigenvalue weighted by Crippen LogP contribution is 2.33. The maximum absolute atomic E-state index is 13.1. The Hall–Kier alpha value is -3.65. The lowest BCUT2D eigenvalue weighted by Gasteiger charge is -2.35. The number of urea groups is 1. The number of nitrogens with zero attached hydrogens (tertiary/aromatic N) is 1. The fraction of sp³-hybridized carbons (Fsp3) is 0.393. The van der Waals surface area contributed by atoms with E-state index in [2.05, 4.69) is 10.6 Å². The van der Waals surface area contributed by atoms with Gasteiger partial charge in [0.2, 0.25) is 5.91 Å². The summed E-state index contributed by atoms with van der Waals surface area (Å²) in [5.41, 5.74) is 3.14. The zero-order valence-corrected chi connectivity index (χ0v) is 21.4. The third kappa shape index (κ3) is 7.18. The van der Waals surface area contributed by atoms with E-state index in [9.17, 15) is 14.4 Å². The SMILES string of the molecule is CCCCN1C(=O)NC(c2cccc(NC(=O)COCc3ccccc3)c2)C(C(=O)OC(C)C)=C1C. The number of unbranched alkanes of at least 4 members (excludes halogenated alkanes) is 1. The molecule has 0 bridgehead atoms. The summed E-state index contributed by atoms with van der Waals surface area (Å²) in [5, 5.41) is 5.77. The van der Waals surface area contributed by atoms with Crippen molar-refractivity contribution in [1.82, 2.24) is 10.2 Å². The molecule has 1 aliphatic heterocycles. The number of amides is 3. The van der Waals surface area contributed by atoms with E-state index in [1.807, 2.05) is 43.3 Å². The van der Waals surface area contributed by atoms with Crippen LogP contribution in [0.15, 0.2) is 65.9 Å². The molecule has 1 unspecified atom stereocenters. The molecule has 2 N–H and O–H groups in total. The van der Waals surface area contributed by atoms with Crippen LogP contribution in [0, 0.1) is 0 Å². The smallest absolute Gasteiger partial charge is 0.338 e. The van der Waals surface area contributed by atoms with Crippen molar-refractivity contribution in [2.75, 3.05) is 18.5 Å². The zero-order valence-electron chi connectivity index (χ0n) is 21.4. The third-order valence-corrected chi connectivity index (χ3v) is 5.74. The number of ether oxygens (including phenoxy) is 2. The summed E-state index contributed by atoms with van der Waals surface area (Å²) in [4.78, 5) is 40.0. The summed E-state index contributed by atoms with van der Waals surface area (Å²) in [6, 6.07) is 15.7. The van der Waals surface area contributed by atoms with Crippen molar-refractivity contribution in [3.8, 4) is 0 Å². The second-order valence-electron chi connectivity index (χ2n) is 8.99. The van der Waals surface area contributed by atoms with Crippen LogP contribution in [0.3, 0.4) is 0 Å². The Balaban J connectivity index is 1.77. The van der Waals surface area contributed by atoms with Gasteiger partial charge in [0.25, 0.3) is 0 Å². The van der Waals surface area contributed by atoms with Gasteiger partial charge < -0.3 is 20.1 Å². The first-order valence-corrected chi connectivity index (χ1v) is 12.3. The van der Waals surface area contributed by atoms with Crippen molar-refractivity contribution >= 4 is 23.6 Å². The van der Waals surface area contributed by atoms with Crippen molar-refractivity contribution in [3.05, 3.63) is 77.0 Å². The van der Waals surface area contributed by atoms with Gasteiger partial charge in [0.15, 0.2) is 0 Å². The number of esters is 1. The van der Waals surface area contributed by atoms with E-state index in [0.29, 0.717) is 35.7 Å². The molecule has 1 aliphatic rings. The molecule has 0 fully saturated rings. The van der Waals surface area contributed by atoms with Crippen molar-refractivity contribution in [1.29, 1.82) is 0 Å². The van der Waals surface area contributed by atoms with E-state index in [4.69, 9.17) is 9.47 Å². The number of hydrogen-bond acceptors (Lipinski definition) is 5. The average molecular weight is 494 g/mol. The van der Waals surface area contributed by atoms with E-state index in [1.165, 1.54) is 0 Å². The number of allylic oxidation sites excluding steroid dienone is 1. The van der Waals surface area contributed by atoms with Gasteiger partial charge in [0.1, 0.15) is 6.61 Å². The van der Waals surface area contributed by atoms with Crippen LogP contribution < -0.4 is 10.6 Å². The molecule has 192 valence electrons. The average Bonchev–Trinajstić information content (AvgIpc) is 2.84. The number of nitrogens with one attached hydrogen (secondary N) is 2. The topological polar surface area (TPSA) is 97.0 Å². The lowest BCUT2D eigenvalue weighted by Crippen LogP contribution is -2.48. The lowest BCUT2D eigenvalue weighted by atomic mass is 9.94. The molecule has 1 heterocycles. The van der Waals surface area contributed by atoms with Gasteiger partial charge in [0, 0.05) is 17.9 Å². The summed E-state index contributed by atoms with van der Waals surface area (Å²) >= 11 is 0. The predicted molar refractivity (Wildman–Crippen MR) is 138 cm³/mol. The maximum atomic E-state index is 13.1. The molecule has 8 nitrogen and oxygen atoms in total. The fourth-order valence-electron chi connectivity index (χ4n) is 3.99. The van der Waals surface area contributed by atoms with E-state index in [0.717, 1.165) is 18.4 Å². The number of hydrogen-bond donors (Lipinski definition) is 2. The summed E-state index contributed by atoms with van der Waals surface area (Å²) in [6.45, 7) is 8.14. The van der Waals surface area contributed by atoms with Crippen LogP contribution in [0.1, 0.15) is 57.7 Å². The molecular weight excluding hydrogens is 458 g/mol. The first kappa shape index (κ1) is 26.9. The van der Waals surface area contributed by atoms with Crippen LogP contribution in [0.4, 0.5) is 10.5 Å². The molecule has 0 saturated carbocycles. The number of carbonyl (C=O) groups excluding carboxylic acids is 3. The molecule has 2 aromatic rings. The molecule has 36 heavy (non-hydrogen) atoms. The quantitative estimate of drug-likeness (QED) is 0.433. The monoisotopic (exact) mass is 493 g/mol. The zero-order chi connectivity index (χ0) is 26.1. The van der Waals surface area contributed by atoms with Gasteiger partial charge in [-0.1, -0.05) is 55.8 Å². The molecule has 0 aliphatic carbocycles. The highest BCUT2D eigenvalue weighted by atomic mass is 16.5. The molecular formula is C28H35N3O5. The van der Waals surface area contributed by atoms with Gasteiger partial charge in [0.05, 0.1) is 24.3 Å². The fourth-order valence-corrected chi connectivity index (χ4v) is 3.99. The normalized spacial score (nSPS) is 15.6. The van der Waals surface area contributed by atoms with Gasteiger partial charge in [-0.25, -0.2) is 9.59 Å². The van der Waals surface area contributed by atoms with Gasteiger partial charge in [-0.2, -0.15) is 0 Å². The molecule has 0 aromatic heterocycles. The second kappa shape index (κ2) is 12.9. The van der Waals surface area contributed by atoms with Gasteiger partial charge in [-0.05, 0) is 50.5 Å². The Labute approximate surface area is 212 Å². The van der Waals surface area contributed by atoms with Crippen LogP contribution in [-0.2, 0) is 25.7 Å². The van der Waals surface area contributed by atoms with Crippen LogP contribution in [-0.4, -0.2) is 42.1 Å². The summed E-state index contributed by atoms with van der Waals surface area (Å²) in [5.74, 6) is -0.773. The standard InChI is InChI=1S/C28H35N3O5/c1-5-6-15-31-20(4)25(27(33)36-19(2)3)26(30-28(31)34)22-13-10-14-23(16-22)29-24(32)18-35-17-21-11-8-7-9-12-21/h7-14,16,19,26H,5-6,15,17-18H2,1-4H3,(H,29,32)(H,30,34). The number of benzene rings is 2. The van der Waals surface area contributed by atoms with Gasteiger partial charge in [-0.3, -0.25) is 9.69 Å². The van der Waals surface area contributed by atoms with E-state index in [1.54, 1.807) is 43.9 Å². The Morgan fingerprint density at radius 2 is 1.86 bits per heavy atom. The molecule has 2 aromatic carbocycles. The minimum absolute atomic E-state index is 0.101. The molecule has 0 radical (unpaired) electrons. The Morgan fingerprint density at radius 3 is 2.56 bits per heavy atom. The summed E-state index contributed by atoms with van der Waals surface area (Å²) in [6.07, 6.45) is 1.43. The van der Waals surface area contributed by atoms with Gasteiger partial charge >= 0.3 is 12.0 Å². The Kier molecular flexibility index (Phi) is 9.64. The maximum Gasteiger partial charge on any atom is 0.338 e. The molecule has 3 amide bonds. The van der Waals surface area contributed by atoms with Crippen LogP contribution in [0.25, 0.3) is 0 Å². The number of carbonyl (C=O) groups is 3. The van der Waals surface area contributed by atoms with Crippen molar-refractivity contribution < 1.29 is 23.9 Å². The Morgan fingerprint density at radius 1 is 1.11 bits per heavy atom. The van der Waals surface area contributed by atoms with Crippen molar-refractivity contribution in [2.45, 2.75) is 59.3 Å². The van der Waals surface area contributed by atoms with Crippen LogP contribution in [0.5, 0.6) is 0 Å². The number of rotatable bonds is 11. The van der Waals surface area contributed by atoms with Crippen molar-refractivity contribution in [3.63, 3.8) is 0 Å². The largest absolute Gasteiger partial charge is 0.459 e. The second-order valence-corrected chi connectivity index (χ2v) is 8.99. The van der Waals surface area contributed by atoms with Gasteiger partial charge in [-0.15, -0.1) is 0 Å². The predicted octanol–water partition coefficient (Wildman–Crippen LogP) is 4.93. The van der Waals surface area contributed by atoms with E-state index >= 15 is 0 Å². The van der Waals surface area contributed by atoms with Crippen LogP contribution in [0.2, 0.25) is 0 Å². The van der Waals surface area contributed by atoms with Crippen LogP contribution >= 0.6 is 0 Å².